The van der Waals surface area contributed by atoms with E-state index >= 15 is 0 Å². The summed E-state index contributed by atoms with van der Waals surface area (Å²) in [6, 6.07) is 7.36. The van der Waals surface area contributed by atoms with Crippen molar-refractivity contribution < 1.29 is 4.39 Å². The Morgan fingerprint density at radius 1 is 1.33 bits per heavy atom. The van der Waals surface area contributed by atoms with Crippen LogP contribution in [0, 0.1) is 11.7 Å². The van der Waals surface area contributed by atoms with Crippen molar-refractivity contribution in [2.24, 2.45) is 5.92 Å². The van der Waals surface area contributed by atoms with E-state index in [1.807, 2.05) is 6.07 Å². The maximum absolute atomic E-state index is 13.1. The molecule has 1 N–H and O–H groups in total. The molecule has 0 aliphatic carbocycles. The fourth-order valence-electron chi connectivity index (χ4n) is 1.90. The van der Waals surface area contributed by atoms with Crippen molar-refractivity contribution in [3.8, 4) is 0 Å². The summed E-state index contributed by atoms with van der Waals surface area (Å²) in [6.45, 7) is 7.64. The summed E-state index contributed by atoms with van der Waals surface area (Å²) in [5.74, 6) is 1.59. The molecule has 0 heterocycles. The number of halogens is 1. The van der Waals surface area contributed by atoms with Gasteiger partial charge in [-0.1, -0.05) is 33.3 Å². The van der Waals surface area contributed by atoms with E-state index in [9.17, 15) is 4.39 Å². The Balaban J connectivity index is 2.46. The van der Waals surface area contributed by atoms with Gasteiger partial charge in [-0.15, -0.1) is 11.8 Å². The number of hydrogen-bond donors (Lipinski definition) is 1. The van der Waals surface area contributed by atoms with Crippen molar-refractivity contribution in [1.29, 1.82) is 0 Å². The molecule has 0 saturated heterocycles. The van der Waals surface area contributed by atoms with Crippen molar-refractivity contribution in [2.75, 3.05) is 12.3 Å². The Morgan fingerprint density at radius 3 is 2.72 bits per heavy atom. The Kier molecular flexibility index (Phi) is 7.36. The first-order valence-corrected chi connectivity index (χ1v) is 7.76. The topological polar surface area (TPSA) is 12.0 Å². The van der Waals surface area contributed by atoms with E-state index in [4.69, 9.17) is 0 Å². The number of benzene rings is 1. The molecule has 0 fully saturated rings. The molecule has 0 radical (unpaired) electrons. The minimum Gasteiger partial charge on any atom is -0.313 e. The summed E-state index contributed by atoms with van der Waals surface area (Å²) in [4.78, 5) is 1.02. The van der Waals surface area contributed by atoms with Crippen LogP contribution in [0.2, 0.25) is 0 Å². The molecule has 1 rings (SSSR count). The lowest BCUT2D eigenvalue weighted by atomic mass is 10.0. The lowest BCUT2D eigenvalue weighted by molar-refractivity contribution is 0.423. The Hall–Kier alpha value is -0.540. The Labute approximate surface area is 115 Å². The second kappa shape index (κ2) is 8.54. The van der Waals surface area contributed by atoms with E-state index in [0.717, 1.165) is 23.1 Å². The highest BCUT2D eigenvalue weighted by Gasteiger charge is 2.11. The number of rotatable bonds is 8. The molecule has 0 spiro atoms. The first kappa shape index (κ1) is 15.5. The standard InChI is InChI=1S/C15H24FNS/c1-4-12(3)9-14(17-5-2)11-18-15-8-6-7-13(16)10-15/h6-8,10,12,14,17H,4-5,9,11H2,1-3H3. The quantitative estimate of drug-likeness (QED) is 0.705. The Bertz CT molecular complexity index is 343. The van der Waals surface area contributed by atoms with Gasteiger partial charge in [0, 0.05) is 16.7 Å². The van der Waals surface area contributed by atoms with E-state index in [-0.39, 0.29) is 5.82 Å². The first-order chi connectivity index (χ1) is 8.65. The highest BCUT2D eigenvalue weighted by molar-refractivity contribution is 7.99. The van der Waals surface area contributed by atoms with Crippen molar-refractivity contribution in [1.82, 2.24) is 5.32 Å². The lowest BCUT2D eigenvalue weighted by Gasteiger charge is -2.20. The van der Waals surface area contributed by atoms with Crippen molar-refractivity contribution >= 4 is 11.8 Å². The third-order valence-corrected chi connectivity index (χ3v) is 4.28. The van der Waals surface area contributed by atoms with Gasteiger partial charge in [-0.05, 0) is 37.1 Å². The van der Waals surface area contributed by atoms with Crippen LogP contribution in [0.4, 0.5) is 4.39 Å². The zero-order chi connectivity index (χ0) is 13.4. The third-order valence-electron chi connectivity index (χ3n) is 3.12. The summed E-state index contributed by atoms with van der Waals surface area (Å²) >= 11 is 1.73. The lowest BCUT2D eigenvalue weighted by Crippen LogP contribution is -2.32. The molecule has 1 aromatic rings. The normalized spacial score (nSPS) is 14.4. The minimum atomic E-state index is -0.151. The van der Waals surface area contributed by atoms with Gasteiger partial charge < -0.3 is 5.32 Å². The van der Waals surface area contributed by atoms with Crippen LogP contribution in [-0.4, -0.2) is 18.3 Å². The van der Waals surface area contributed by atoms with Gasteiger partial charge in [-0.3, -0.25) is 0 Å². The van der Waals surface area contributed by atoms with Gasteiger partial charge in [0.05, 0.1) is 0 Å². The maximum Gasteiger partial charge on any atom is 0.124 e. The largest absolute Gasteiger partial charge is 0.313 e. The third kappa shape index (κ3) is 5.87. The molecule has 102 valence electrons. The van der Waals surface area contributed by atoms with Crippen LogP contribution < -0.4 is 5.32 Å². The molecule has 1 aromatic carbocycles. The smallest absolute Gasteiger partial charge is 0.124 e. The molecule has 2 atom stereocenters. The van der Waals surface area contributed by atoms with Gasteiger partial charge in [0.15, 0.2) is 0 Å². The van der Waals surface area contributed by atoms with Crippen LogP contribution in [0.3, 0.4) is 0 Å². The van der Waals surface area contributed by atoms with Gasteiger partial charge in [0.25, 0.3) is 0 Å². The average molecular weight is 269 g/mol. The fourth-order valence-corrected chi connectivity index (χ4v) is 2.92. The molecule has 3 heteroatoms. The second-order valence-electron chi connectivity index (χ2n) is 4.77. The first-order valence-electron chi connectivity index (χ1n) is 6.77. The highest BCUT2D eigenvalue weighted by atomic mass is 32.2. The van der Waals surface area contributed by atoms with Crippen LogP contribution in [0.15, 0.2) is 29.2 Å². The number of hydrogen-bond acceptors (Lipinski definition) is 2. The molecule has 0 aromatic heterocycles. The highest BCUT2D eigenvalue weighted by Crippen LogP contribution is 2.22. The fraction of sp³-hybridized carbons (Fsp3) is 0.600. The zero-order valence-corrected chi connectivity index (χ0v) is 12.4. The van der Waals surface area contributed by atoms with E-state index < -0.39 is 0 Å². The predicted molar refractivity (Wildman–Crippen MR) is 78.7 cm³/mol. The molecule has 0 amide bonds. The van der Waals surface area contributed by atoms with Crippen molar-refractivity contribution in [3.63, 3.8) is 0 Å². The summed E-state index contributed by atoms with van der Waals surface area (Å²) < 4.78 is 13.1. The van der Waals surface area contributed by atoms with Crippen LogP contribution in [0.1, 0.15) is 33.6 Å². The van der Waals surface area contributed by atoms with Crippen LogP contribution in [0.5, 0.6) is 0 Å². The molecule has 1 nitrogen and oxygen atoms in total. The monoisotopic (exact) mass is 269 g/mol. The summed E-state index contributed by atoms with van der Waals surface area (Å²) in [5.41, 5.74) is 0. The molecule has 0 saturated carbocycles. The molecule has 0 aliphatic rings. The van der Waals surface area contributed by atoms with E-state index in [0.29, 0.717) is 6.04 Å². The van der Waals surface area contributed by atoms with Gasteiger partial charge in [-0.2, -0.15) is 0 Å². The Morgan fingerprint density at radius 2 is 2.11 bits per heavy atom. The van der Waals surface area contributed by atoms with Gasteiger partial charge in [0.1, 0.15) is 5.82 Å². The SMILES string of the molecule is CCNC(CSc1cccc(F)c1)CC(C)CC. The molecular formula is C15H24FNS. The molecular weight excluding hydrogens is 245 g/mol. The van der Waals surface area contributed by atoms with Gasteiger partial charge in [0.2, 0.25) is 0 Å². The molecule has 2 unspecified atom stereocenters. The zero-order valence-electron chi connectivity index (χ0n) is 11.6. The molecule has 0 aliphatic heterocycles. The average Bonchev–Trinajstić information content (AvgIpc) is 2.36. The van der Waals surface area contributed by atoms with Gasteiger partial charge >= 0.3 is 0 Å². The summed E-state index contributed by atoms with van der Waals surface area (Å²) in [6.07, 6.45) is 2.40. The van der Waals surface area contributed by atoms with E-state index in [1.54, 1.807) is 23.9 Å². The molecule has 18 heavy (non-hydrogen) atoms. The molecule has 0 bridgehead atoms. The number of nitrogens with one attached hydrogen (secondary N) is 1. The van der Waals surface area contributed by atoms with Crippen LogP contribution in [0.25, 0.3) is 0 Å². The number of thioether (sulfide) groups is 1. The maximum atomic E-state index is 13.1. The van der Waals surface area contributed by atoms with Crippen molar-refractivity contribution in [3.05, 3.63) is 30.1 Å². The van der Waals surface area contributed by atoms with E-state index in [1.165, 1.54) is 18.9 Å². The second-order valence-corrected chi connectivity index (χ2v) is 5.87. The van der Waals surface area contributed by atoms with Crippen LogP contribution in [-0.2, 0) is 0 Å². The predicted octanol–water partition coefficient (Wildman–Crippen LogP) is 4.33. The van der Waals surface area contributed by atoms with E-state index in [2.05, 4.69) is 26.1 Å². The summed E-state index contributed by atoms with van der Waals surface area (Å²) in [7, 11) is 0. The van der Waals surface area contributed by atoms with Gasteiger partial charge in [-0.25, -0.2) is 4.39 Å². The van der Waals surface area contributed by atoms with Crippen LogP contribution >= 0.6 is 11.8 Å². The van der Waals surface area contributed by atoms with Crippen molar-refractivity contribution in [2.45, 2.75) is 44.6 Å². The minimum absolute atomic E-state index is 0.151. The summed E-state index contributed by atoms with van der Waals surface area (Å²) in [5, 5.41) is 3.52.